The van der Waals surface area contributed by atoms with E-state index in [0.29, 0.717) is 5.02 Å². The van der Waals surface area contributed by atoms with Crippen LogP contribution in [0, 0.1) is 0 Å². The van der Waals surface area contributed by atoms with Gasteiger partial charge in [0.15, 0.2) is 0 Å². The minimum absolute atomic E-state index is 0.00721. The van der Waals surface area contributed by atoms with Gasteiger partial charge in [0, 0.05) is 15.9 Å². The number of phenols is 1. The van der Waals surface area contributed by atoms with E-state index in [1.165, 1.54) is 25.3 Å². The van der Waals surface area contributed by atoms with Crippen LogP contribution in [0.2, 0.25) is 5.02 Å². The van der Waals surface area contributed by atoms with E-state index in [1.54, 1.807) is 0 Å². The number of hydrogen-bond acceptors (Lipinski definition) is 4. The molecule has 0 fully saturated rings. The Morgan fingerprint density at radius 1 is 1.25 bits per heavy atom. The molecule has 2 rings (SSSR count). The van der Waals surface area contributed by atoms with E-state index in [-0.39, 0.29) is 17.7 Å². The lowest BCUT2D eigenvalue weighted by molar-refractivity contribution is -0.142. The molecule has 24 heavy (non-hydrogen) atoms. The molecule has 0 aliphatic carbocycles. The maximum Gasteiger partial charge on any atom is 0.328 e. The number of nitrogens with one attached hydrogen (secondary N) is 1. The van der Waals surface area contributed by atoms with Crippen LogP contribution in [0.3, 0.4) is 0 Å². The highest BCUT2D eigenvalue weighted by Gasteiger charge is 2.24. The van der Waals surface area contributed by atoms with E-state index < -0.39 is 17.9 Å². The second-order valence-electron chi connectivity index (χ2n) is 5.04. The molecule has 1 amide bonds. The van der Waals surface area contributed by atoms with Gasteiger partial charge in [-0.3, -0.25) is 4.79 Å². The van der Waals surface area contributed by atoms with E-state index in [9.17, 15) is 14.7 Å². The van der Waals surface area contributed by atoms with Crippen LogP contribution in [-0.4, -0.2) is 30.1 Å². The summed E-state index contributed by atoms with van der Waals surface area (Å²) < 4.78 is 5.66. The summed E-state index contributed by atoms with van der Waals surface area (Å²) in [6, 6.07) is 10.6. The van der Waals surface area contributed by atoms with Gasteiger partial charge in [-0.05, 0) is 35.9 Å². The van der Waals surface area contributed by atoms with Crippen molar-refractivity contribution in [3.63, 3.8) is 0 Å². The monoisotopic (exact) mass is 411 g/mol. The molecule has 5 nitrogen and oxygen atoms in total. The first-order valence-corrected chi connectivity index (χ1v) is 8.19. The van der Waals surface area contributed by atoms with E-state index in [4.69, 9.17) is 16.3 Å². The zero-order chi connectivity index (χ0) is 17.7. The Morgan fingerprint density at radius 2 is 1.92 bits per heavy atom. The number of esters is 1. The normalized spacial score (nSPS) is 11.6. The molecule has 0 aliphatic heterocycles. The summed E-state index contributed by atoms with van der Waals surface area (Å²) in [4.78, 5) is 24.3. The van der Waals surface area contributed by atoms with Gasteiger partial charge in [0.25, 0.3) is 5.91 Å². The molecule has 2 aromatic carbocycles. The molecule has 0 heterocycles. The number of amides is 1. The number of carbonyl (C=O) groups excluding carboxylic acids is 2. The molecule has 0 aliphatic rings. The molecule has 0 unspecified atom stereocenters. The Hall–Kier alpha value is -2.05. The summed E-state index contributed by atoms with van der Waals surface area (Å²) in [6.45, 7) is 0. The molecule has 1 atom stereocenters. The van der Waals surface area contributed by atoms with Crippen LogP contribution < -0.4 is 5.32 Å². The number of rotatable bonds is 5. The van der Waals surface area contributed by atoms with Crippen molar-refractivity contribution in [3.8, 4) is 5.75 Å². The standard InChI is InChI=1S/C17H15BrClNO4/c1-24-17(23)14(8-10-2-4-11(18)5-3-10)20-16(22)13-9-12(19)6-7-15(13)21/h2-7,9,14,21H,8H2,1H3,(H,20,22)/t14-/m0/s1. The minimum atomic E-state index is -0.887. The molecule has 0 saturated heterocycles. The smallest absolute Gasteiger partial charge is 0.328 e. The summed E-state index contributed by atoms with van der Waals surface area (Å²) in [5, 5.41) is 12.7. The molecule has 7 heteroatoms. The molecule has 0 bridgehead atoms. The lowest BCUT2D eigenvalue weighted by atomic mass is 10.1. The van der Waals surface area contributed by atoms with Crippen LogP contribution in [0.4, 0.5) is 0 Å². The van der Waals surface area contributed by atoms with Crippen LogP contribution in [0.25, 0.3) is 0 Å². The van der Waals surface area contributed by atoms with Crippen molar-refractivity contribution in [1.29, 1.82) is 0 Å². The summed E-state index contributed by atoms with van der Waals surface area (Å²) in [7, 11) is 1.25. The van der Waals surface area contributed by atoms with Crippen LogP contribution >= 0.6 is 27.5 Å². The quantitative estimate of drug-likeness (QED) is 0.739. The van der Waals surface area contributed by atoms with Gasteiger partial charge in [-0.1, -0.05) is 39.7 Å². The van der Waals surface area contributed by atoms with Crippen molar-refractivity contribution in [2.45, 2.75) is 12.5 Å². The van der Waals surface area contributed by atoms with Crippen LogP contribution in [0.5, 0.6) is 5.75 Å². The van der Waals surface area contributed by atoms with Gasteiger partial charge in [-0.15, -0.1) is 0 Å². The first kappa shape index (κ1) is 18.3. The lowest BCUT2D eigenvalue weighted by Gasteiger charge is -2.17. The fraction of sp³-hybridized carbons (Fsp3) is 0.176. The van der Waals surface area contributed by atoms with Crippen LogP contribution in [-0.2, 0) is 16.0 Å². The van der Waals surface area contributed by atoms with Gasteiger partial charge in [-0.2, -0.15) is 0 Å². The molecular weight excluding hydrogens is 398 g/mol. The second kappa shape index (κ2) is 8.17. The number of aromatic hydroxyl groups is 1. The SMILES string of the molecule is COC(=O)[C@H](Cc1ccc(Br)cc1)NC(=O)c1cc(Cl)ccc1O. The highest BCUT2D eigenvalue weighted by atomic mass is 79.9. The van der Waals surface area contributed by atoms with Crippen LogP contribution in [0.1, 0.15) is 15.9 Å². The molecule has 0 radical (unpaired) electrons. The topological polar surface area (TPSA) is 75.6 Å². The number of ether oxygens (including phenoxy) is 1. The third kappa shape index (κ3) is 4.72. The maximum atomic E-state index is 12.3. The molecular formula is C17H15BrClNO4. The third-order valence-electron chi connectivity index (χ3n) is 3.35. The van der Waals surface area contributed by atoms with Gasteiger partial charge < -0.3 is 15.2 Å². The first-order valence-electron chi connectivity index (χ1n) is 7.02. The van der Waals surface area contributed by atoms with Crippen molar-refractivity contribution in [3.05, 3.63) is 63.1 Å². The van der Waals surface area contributed by atoms with E-state index in [0.717, 1.165) is 10.0 Å². The zero-order valence-electron chi connectivity index (χ0n) is 12.8. The van der Waals surface area contributed by atoms with Crippen molar-refractivity contribution in [2.75, 3.05) is 7.11 Å². The zero-order valence-corrected chi connectivity index (χ0v) is 15.1. The lowest BCUT2D eigenvalue weighted by Crippen LogP contribution is -2.43. The number of benzene rings is 2. The number of hydrogen-bond donors (Lipinski definition) is 2. The molecule has 2 aromatic rings. The molecule has 0 aromatic heterocycles. The minimum Gasteiger partial charge on any atom is -0.507 e. The molecule has 2 N–H and O–H groups in total. The third-order valence-corrected chi connectivity index (χ3v) is 4.11. The van der Waals surface area contributed by atoms with Crippen LogP contribution in [0.15, 0.2) is 46.9 Å². The average molecular weight is 413 g/mol. The van der Waals surface area contributed by atoms with Crippen molar-refractivity contribution >= 4 is 39.4 Å². The van der Waals surface area contributed by atoms with Gasteiger partial charge >= 0.3 is 5.97 Å². The summed E-state index contributed by atoms with van der Waals surface area (Å²) in [5.41, 5.74) is 0.844. The van der Waals surface area contributed by atoms with Crippen molar-refractivity contribution < 1.29 is 19.4 Å². The van der Waals surface area contributed by atoms with Gasteiger partial charge in [0.1, 0.15) is 11.8 Å². The molecule has 0 saturated carbocycles. The summed E-state index contributed by atoms with van der Waals surface area (Å²) in [6.07, 6.45) is 0.257. The Kier molecular flexibility index (Phi) is 6.23. The van der Waals surface area contributed by atoms with Crippen molar-refractivity contribution in [1.82, 2.24) is 5.32 Å². The summed E-state index contributed by atoms with van der Waals surface area (Å²) in [5.74, 6) is -1.40. The largest absolute Gasteiger partial charge is 0.507 e. The van der Waals surface area contributed by atoms with Gasteiger partial charge in [0.05, 0.1) is 12.7 Å². The highest BCUT2D eigenvalue weighted by Crippen LogP contribution is 2.21. The first-order chi connectivity index (χ1) is 11.4. The number of methoxy groups -OCH3 is 1. The Morgan fingerprint density at radius 3 is 2.54 bits per heavy atom. The second-order valence-corrected chi connectivity index (χ2v) is 6.39. The molecule has 0 spiro atoms. The maximum absolute atomic E-state index is 12.3. The highest BCUT2D eigenvalue weighted by molar-refractivity contribution is 9.10. The van der Waals surface area contributed by atoms with E-state index in [2.05, 4.69) is 21.2 Å². The number of halogens is 2. The summed E-state index contributed by atoms with van der Waals surface area (Å²) >= 11 is 9.18. The van der Waals surface area contributed by atoms with Gasteiger partial charge in [-0.25, -0.2) is 4.79 Å². The Bertz CT molecular complexity index is 749. The average Bonchev–Trinajstić information content (AvgIpc) is 2.57. The van der Waals surface area contributed by atoms with E-state index in [1.807, 2.05) is 24.3 Å². The Balaban J connectivity index is 2.19. The molecule has 126 valence electrons. The van der Waals surface area contributed by atoms with Gasteiger partial charge in [0.2, 0.25) is 0 Å². The predicted octanol–water partition coefficient (Wildman–Crippen LogP) is 3.32. The predicted molar refractivity (Wildman–Crippen MR) is 94.2 cm³/mol. The fourth-order valence-corrected chi connectivity index (χ4v) is 2.55. The fourth-order valence-electron chi connectivity index (χ4n) is 2.12. The number of phenolic OH excluding ortho intramolecular Hbond substituents is 1. The Labute approximate surface area is 152 Å². The van der Waals surface area contributed by atoms with Crippen molar-refractivity contribution in [2.24, 2.45) is 0 Å². The number of carbonyl (C=O) groups is 2. The van der Waals surface area contributed by atoms with E-state index >= 15 is 0 Å².